The van der Waals surface area contributed by atoms with Crippen molar-refractivity contribution >= 4 is 0 Å². The maximum Gasteiger partial charge on any atom is 0.128 e. The molecule has 0 spiro atoms. The number of aryl methyl sites for hydroxylation is 2. The van der Waals surface area contributed by atoms with E-state index >= 15 is 0 Å². The van der Waals surface area contributed by atoms with Crippen molar-refractivity contribution in [3.8, 4) is 0 Å². The number of benzene rings is 1. The molecular formula is C14H19FN4. The molecule has 0 saturated carbocycles. The van der Waals surface area contributed by atoms with Crippen molar-refractivity contribution in [2.45, 2.75) is 26.3 Å². The number of nitrogens with zero attached hydrogens (tertiary/aromatic N) is 3. The minimum absolute atomic E-state index is 0.0812. The number of halogens is 1. The standard InChI is InChI=1S/C14H19FN4/c1-4-16-14(8-11-9-19(3)18-17-11)12-6-5-10(2)7-13(12)15/h5-7,9,14,16H,4,8H2,1-3H3. The summed E-state index contributed by atoms with van der Waals surface area (Å²) in [4.78, 5) is 0. The molecule has 0 amide bonds. The van der Waals surface area contributed by atoms with Gasteiger partial charge in [-0.3, -0.25) is 4.68 Å². The molecule has 1 N–H and O–H groups in total. The lowest BCUT2D eigenvalue weighted by molar-refractivity contribution is 0.505. The van der Waals surface area contributed by atoms with Gasteiger partial charge in [0.15, 0.2) is 0 Å². The molecule has 0 saturated heterocycles. The highest BCUT2D eigenvalue weighted by atomic mass is 19.1. The van der Waals surface area contributed by atoms with Crippen LogP contribution in [0.5, 0.6) is 0 Å². The largest absolute Gasteiger partial charge is 0.310 e. The summed E-state index contributed by atoms with van der Waals surface area (Å²) in [7, 11) is 1.82. The summed E-state index contributed by atoms with van der Waals surface area (Å²) < 4.78 is 15.7. The highest BCUT2D eigenvalue weighted by Crippen LogP contribution is 2.21. The van der Waals surface area contributed by atoms with Crippen molar-refractivity contribution in [3.05, 3.63) is 47.0 Å². The molecule has 0 aliphatic heterocycles. The van der Waals surface area contributed by atoms with Crippen LogP contribution < -0.4 is 5.32 Å². The van der Waals surface area contributed by atoms with Crippen molar-refractivity contribution < 1.29 is 4.39 Å². The Labute approximate surface area is 112 Å². The molecule has 0 radical (unpaired) electrons. The van der Waals surface area contributed by atoms with E-state index in [-0.39, 0.29) is 11.9 Å². The lowest BCUT2D eigenvalue weighted by atomic mass is 10.00. The highest BCUT2D eigenvalue weighted by Gasteiger charge is 2.17. The first-order chi connectivity index (χ1) is 9.10. The van der Waals surface area contributed by atoms with Gasteiger partial charge in [-0.1, -0.05) is 24.3 Å². The van der Waals surface area contributed by atoms with Crippen LogP contribution >= 0.6 is 0 Å². The topological polar surface area (TPSA) is 42.7 Å². The second-order valence-corrected chi connectivity index (χ2v) is 4.72. The van der Waals surface area contributed by atoms with Crippen LogP contribution in [0, 0.1) is 12.7 Å². The van der Waals surface area contributed by atoms with Crippen LogP contribution in [0.2, 0.25) is 0 Å². The second kappa shape index (κ2) is 5.93. The maximum absolute atomic E-state index is 14.1. The second-order valence-electron chi connectivity index (χ2n) is 4.72. The summed E-state index contributed by atoms with van der Waals surface area (Å²) in [6, 6.07) is 5.26. The van der Waals surface area contributed by atoms with Gasteiger partial charge in [0.25, 0.3) is 0 Å². The van der Waals surface area contributed by atoms with Crippen LogP contribution in [0.15, 0.2) is 24.4 Å². The van der Waals surface area contributed by atoms with Gasteiger partial charge < -0.3 is 5.32 Å². The van der Waals surface area contributed by atoms with Gasteiger partial charge in [0, 0.05) is 31.3 Å². The van der Waals surface area contributed by atoms with Gasteiger partial charge in [-0.05, 0) is 25.1 Å². The van der Waals surface area contributed by atoms with E-state index in [1.54, 1.807) is 10.7 Å². The third kappa shape index (κ3) is 3.38. The lowest BCUT2D eigenvalue weighted by Crippen LogP contribution is -2.24. The van der Waals surface area contributed by atoms with Gasteiger partial charge in [-0.15, -0.1) is 5.10 Å². The Balaban J connectivity index is 2.23. The van der Waals surface area contributed by atoms with Crippen LogP contribution in [0.25, 0.3) is 0 Å². The number of aromatic nitrogens is 3. The first kappa shape index (κ1) is 13.7. The van der Waals surface area contributed by atoms with Crippen molar-refractivity contribution in [2.24, 2.45) is 7.05 Å². The minimum Gasteiger partial charge on any atom is -0.310 e. The summed E-state index contributed by atoms with van der Waals surface area (Å²) in [5.74, 6) is -0.171. The monoisotopic (exact) mass is 262 g/mol. The fourth-order valence-electron chi connectivity index (χ4n) is 2.15. The molecule has 1 unspecified atom stereocenters. The Morgan fingerprint density at radius 2 is 2.21 bits per heavy atom. The fourth-order valence-corrected chi connectivity index (χ4v) is 2.15. The molecule has 102 valence electrons. The summed E-state index contributed by atoms with van der Waals surface area (Å²) in [5.41, 5.74) is 2.46. The van der Waals surface area contributed by atoms with Crippen LogP contribution in [0.1, 0.15) is 29.8 Å². The predicted molar refractivity (Wildman–Crippen MR) is 72.3 cm³/mol. The predicted octanol–water partition coefficient (Wildman–Crippen LogP) is 2.16. The van der Waals surface area contributed by atoms with Crippen LogP contribution in [-0.2, 0) is 13.5 Å². The molecule has 0 aliphatic carbocycles. The molecule has 1 heterocycles. The molecule has 0 bridgehead atoms. The molecule has 1 aromatic heterocycles. The fraction of sp³-hybridized carbons (Fsp3) is 0.429. The quantitative estimate of drug-likeness (QED) is 0.898. The van der Waals surface area contributed by atoms with E-state index < -0.39 is 0 Å². The van der Waals surface area contributed by atoms with E-state index in [2.05, 4.69) is 15.6 Å². The third-order valence-corrected chi connectivity index (χ3v) is 3.05. The highest BCUT2D eigenvalue weighted by molar-refractivity contribution is 5.27. The molecule has 1 atom stereocenters. The molecule has 4 nitrogen and oxygen atoms in total. The van der Waals surface area contributed by atoms with Crippen molar-refractivity contribution in [2.75, 3.05) is 6.54 Å². The summed E-state index contributed by atoms with van der Waals surface area (Å²) in [6.07, 6.45) is 2.48. The lowest BCUT2D eigenvalue weighted by Gasteiger charge is -2.18. The van der Waals surface area contributed by atoms with E-state index in [0.29, 0.717) is 12.0 Å². The SMILES string of the molecule is CCNC(Cc1cn(C)nn1)c1ccc(C)cc1F. The van der Waals surface area contributed by atoms with Gasteiger partial charge in [-0.2, -0.15) is 0 Å². The first-order valence-corrected chi connectivity index (χ1v) is 6.44. The Morgan fingerprint density at radius 3 is 2.79 bits per heavy atom. The summed E-state index contributed by atoms with van der Waals surface area (Å²) in [5, 5.41) is 11.3. The van der Waals surface area contributed by atoms with E-state index in [1.165, 1.54) is 0 Å². The Morgan fingerprint density at radius 1 is 1.42 bits per heavy atom. The summed E-state index contributed by atoms with van der Waals surface area (Å²) in [6.45, 7) is 4.67. The number of nitrogens with one attached hydrogen (secondary N) is 1. The van der Waals surface area contributed by atoms with Crippen LogP contribution in [0.4, 0.5) is 4.39 Å². The average Bonchev–Trinajstić information content (AvgIpc) is 2.74. The Hall–Kier alpha value is -1.75. The molecule has 0 fully saturated rings. The van der Waals surface area contributed by atoms with Gasteiger partial charge in [0.1, 0.15) is 5.82 Å². The van der Waals surface area contributed by atoms with Gasteiger partial charge in [0.05, 0.1) is 5.69 Å². The zero-order valence-electron chi connectivity index (χ0n) is 11.5. The maximum atomic E-state index is 14.1. The van der Waals surface area contributed by atoms with Gasteiger partial charge in [0.2, 0.25) is 0 Å². The number of hydrogen-bond donors (Lipinski definition) is 1. The van der Waals surface area contributed by atoms with Gasteiger partial charge >= 0.3 is 0 Å². The van der Waals surface area contributed by atoms with Crippen molar-refractivity contribution in [1.29, 1.82) is 0 Å². The molecule has 2 rings (SSSR count). The number of rotatable bonds is 5. The Bertz CT molecular complexity index is 550. The molecule has 0 aliphatic rings. The number of likely N-dealkylation sites (N-methyl/N-ethyl adjacent to an activating group) is 1. The average molecular weight is 262 g/mol. The van der Waals surface area contributed by atoms with Crippen LogP contribution in [-0.4, -0.2) is 21.5 Å². The van der Waals surface area contributed by atoms with Crippen LogP contribution in [0.3, 0.4) is 0 Å². The zero-order valence-corrected chi connectivity index (χ0v) is 11.5. The molecule has 19 heavy (non-hydrogen) atoms. The molecule has 1 aromatic carbocycles. The van der Waals surface area contributed by atoms with E-state index in [9.17, 15) is 4.39 Å². The van der Waals surface area contributed by atoms with Gasteiger partial charge in [-0.25, -0.2) is 4.39 Å². The smallest absolute Gasteiger partial charge is 0.128 e. The van der Waals surface area contributed by atoms with E-state index in [0.717, 1.165) is 17.8 Å². The minimum atomic E-state index is -0.171. The van der Waals surface area contributed by atoms with E-state index in [1.807, 2.05) is 39.2 Å². The van der Waals surface area contributed by atoms with Crippen molar-refractivity contribution in [1.82, 2.24) is 20.3 Å². The first-order valence-electron chi connectivity index (χ1n) is 6.44. The molecule has 2 aromatic rings. The number of hydrogen-bond acceptors (Lipinski definition) is 3. The Kier molecular flexibility index (Phi) is 4.27. The molecule has 5 heteroatoms. The van der Waals surface area contributed by atoms with E-state index in [4.69, 9.17) is 0 Å². The third-order valence-electron chi connectivity index (χ3n) is 3.05. The van der Waals surface area contributed by atoms with Crippen molar-refractivity contribution in [3.63, 3.8) is 0 Å². The molecular weight excluding hydrogens is 243 g/mol. The normalized spacial score (nSPS) is 12.6. The zero-order chi connectivity index (χ0) is 13.8. The summed E-state index contributed by atoms with van der Waals surface area (Å²) >= 11 is 0.